The van der Waals surface area contributed by atoms with E-state index in [0.29, 0.717) is 11.3 Å². The third-order valence-electron chi connectivity index (χ3n) is 2.20. The molecule has 0 aromatic heterocycles. The molecule has 0 rings (SSSR count). The van der Waals surface area contributed by atoms with Crippen LogP contribution in [0.4, 0.5) is 0 Å². The quantitative estimate of drug-likeness (QED) is 0.717. The van der Waals surface area contributed by atoms with Gasteiger partial charge >= 0.3 is 0 Å². The summed E-state index contributed by atoms with van der Waals surface area (Å²) < 4.78 is 0. The van der Waals surface area contributed by atoms with Crippen molar-refractivity contribution in [2.45, 2.75) is 39.0 Å². The largest absolute Gasteiger partial charge is 0.395 e. The standard InChI is InChI=1S/C10H23NOS/c1-8(6-12)13-7-9(11-5)10(2,3)4/h8-9,11-12H,6-7H2,1-5H3. The number of aliphatic hydroxyl groups excluding tert-OH is 1. The number of hydrogen-bond acceptors (Lipinski definition) is 3. The summed E-state index contributed by atoms with van der Waals surface area (Å²) >= 11 is 1.82. The van der Waals surface area contributed by atoms with Crippen molar-refractivity contribution in [1.82, 2.24) is 5.32 Å². The minimum atomic E-state index is 0.269. The Morgan fingerprint density at radius 1 is 1.38 bits per heavy atom. The van der Waals surface area contributed by atoms with Crippen LogP contribution < -0.4 is 5.32 Å². The van der Waals surface area contributed by atoms with Crippen LogP contribution in [0.2, 0.25) is 0 Å². The van der Waals surface area contributed by atoms with Gasteiger partial charge in [-0.3, -0.25) is 0 Å². The molecule has 0 aliphatic carbocycles. The number of aliphatic hydroxyl groups is 1. The normalized spacial score (nSPS) is 17.1. The first-order valence-electron chi connectivity index (χ1n) is 4.81. The van der Waals surface area contributed by atoms with E-state index in [1.165, 1.54) is 0 Å². The van der Waals surface area contributed by atoms with Crippen molar-refractivity contribution >= 4 is 11.8 Å². The van der Waals surface area contributed by atoms with Crippen molar-refractivity contribution in [1.29, 1.82) is 0 Å². The maximum absolute atomic E-state index is 8.88. The second kappa shape index (κ2) is 5.89. The molecule has 0 radical (unpaired) electrons. The highest BCUT2D eigenvalue weighted by Gasteiger charge is 2.23. The van der Waals surface area contributed by atoms with Crippen LogP contribution in [0.3, 0.4) is 0 Å². The van der Waals surface area contributed by atoms with E-state index in [-0.39, 0.29) is 12.0 Å². The Kier molecular flexibility index (Phi) is 6.01. The van der Waals surface area contributed by atoms with Crippen molar-refractivity contribution in [2.24, 2.45) is 5.41 Å². The summed E-state index contributed by atoms with van der Waals surface area (Å²) in [6, 6.07) is 0.506. The van der Waals surface area contributed by atoms with Crippen LogP contribution in [0.5, 0.6) is 0 Å². The lowest BCUT2D eigenvalue weighted by Gasteiger charge is -2.30. The van der Waals surface area contributed by atoms with Crippen molar-refractivity contribution in [3.05, 3.63) is 0 Å². The molecule has 0 spiro atoms. The number of hydrogen-bond donors (Lipinski definition) is 2. The molecule has 0 aliphatic rings. The van der Waals surface area contributed by atoms with Gasteiger partial charge in [0.15, 0.2) is 0 Å². The van der Waals surface area contributed by atoms with E-state index < -0.39 is 0 Å². The SMILES string of the molecule is CNC(CSC(C)CO)C(C)(C)C. The molecular formula is C10H23NOS. The van der Waals surface area contributed by atoms with Crippen LogP contribution in [-0.2, 0) is 0 Å². The summed E-state index contributed by atoms with van der Waals surface area (Å²) in [6.45, 7) is 9.03. The van der Waals surface area contributed by atoms with Crippen LogP contribution in [0, 0.1) is 5.41 Å². The molecular weight excluding hydrogens is 182 g/mol. The van der Waals surface area contributed by atoms with Crippen LogP contribution in [0.25, 0.3) is 0 Å². The molecule has 0 aromatic carbocycles. The molecule has 13 heavy (non-hydrogen) atoms. The van der Waals surface area contributed by atoms with E-state index >= 15 is 0 Å². The lowest BCUT2D eigenvalue weighted by Crippen LogP contribution is -2.40. The summed E-state index contributed by atoms with van der Waals surface area (Å²) in [4.78, 5) is 0. The van der Waals surface area contributed by atoms with Gasteiger partial charge < -0.3 is 10.4 Å². The van der Waals surface area contributed by atoms with Crippen LogP contribution in [0.15, 0.2) is 0 Å². The minimum Gasteiger partial charge on any atom is -0.395 e. The Labute approximate surface area is 86.5 Å². The van der Waals surface area contributed by atoms with E-state index in [1.54, 1.807) is 0 Å². The molecule has 2 atom stereocenters. The van der Waals surface area contributed by atoms with Crippen LogP contribution in [-0.4, -0.2) is 35.8 Å². The number of thioether (sulfide) groups is 1. The lowest BCUT2D eigenvalue weighted by molar-refractivity contribution is 0.295. The van der Waals surface area contributed by atoms with Gasteiger partial charge in [0, 0.05) is 17.0 Å². The smallest absolute Gasteiger partial charge is 0.0547 e. The van der Waals surface area contributed by atoms with Crippen molar-refractivity contribution in [2.75, 3.05) is 19.4 Å². The third kappa shape index (κ3) is 5.55. The first kappa shape index (κ1) is 13.3. The number of rotatable bonds is 5. The summed E-state index contributed by atoms with van der Waals surface area (Å²) in [5.41, 5.74) is 0.289. The first-order chi connectivity index (χ1) is 5.91. The fraction of sp³-hybridized carbons (Fsp3) is 1.00. The Morgan fingerprint density at radius 2 is 1.92 bits per heavy atom. The molecule has 0 fully saturated rings. The molecule has 2 N–H and O–H groups in total. The predicted octanol–water partition coefficient (Wildman–Crippen LogP) is 1.73. The fourth-order valence-corrected chi connectivity index (χ4v) is 2.37. The molecule has 0 saturated carbocycles. The Balaban J connectivity index is 3.86. The van der Waals surface area contributed by atoms with Crippen LogP contribution >= 0.6 is 11.8 Å². The van der Waals surface area contributed by atoms with E-state index in [0.717, 1.165) is 5.75 Å². The molecule has 0 amide bonds. The Morgan fingerprint density at radius 3 is 2.23 bits per heavy atom. The van der Waals surface area contributed by atoms with E-state index in [2.05, 4.69) is 33.0 Å². The summed E-state index contributed by atoms with van der Waals surface area (Å²) in [6.07, 6.45) is 0. The topological polar surface area (TPSA) is 32.3 Å². The van der Waals surface area contributed by atoms with Gasteiger partial charge in [-0.2, -0.15) is 11.8 Å². The second-order valence-corrected chi connectivity index (χ2v) is 6.01. The number of nitrogens with one attached hydrogen (secondary N) is 1. The fourth-order valence-electron chi connectivity index (χ4n) is 1.08. The van der Waals surface area contributed by atoms with Crippen molar-refractivity contribution in [3.8, 4) is 0 Å². The lowest BCUT2D eigenvalue weighted by atomic mass is 9.88. The van der Waals surface area contributed by atoms with E-state index in [9.17, 15) is 0 Å². The van der Waals surface area contributed by atoms with Gasteiger partial charge in [-0.05, 0) is 12.5 Å². The zero-order valence-electron chi connectivity index (χ0n) is 9.42. The Bertz CT molecular complexity index is 133. The molecule has 0 aromatic rings. The maximum atomic E-state index is 8.88. The van der Waals surface area contributed by atoms with Crippen molar-refractivity contribution < 1.29 is 5.11 Å². The summed E-state index contributed by atoms with van der Waals surface area (Å²) in [5, 5.41) is 12.5. The average Bonchev–Trinajstić information content (AvgIpc) is 2.02. The molecule has 0 heterocycles. The van der Waals surface area contributed by atoms with Gasteiger partial charge in [0.2, 0.25) is 0 Å². The summed E-state index contributed by atoms with van der Waals surface area (Å²) in [5.74, 6) is 1.06. The van der Waals surface area contributed by atoms with Gasteiger partial charge in [0.05, 0.1) is 6.61 Å². The van der Waals surface area contributed by atoms with E-state index in [1.807, 2.05) is 18.8 Å². The van der Waals surface area contributed by atoms with Gasteiger partial charge in [0.25, 0.3) is 0 Å². The van der Waals surface area contributed by atoms with Crippen LogP contribution in [0.1, 0.15) is 27.7 Å². The van der Waals surface area contributed by atoms with Crippen molar-refractivity contribution in [3.63, 3.8) is 0 Å². The molecule has 0 saturated heterocycles. The van der Waals surface area contributed by atoms with E-state index in [4.69, 9.17) is 5.11 Å². The molecule has 2 unspecified atom stereocenters. The summed E-state index contributed by atoms with van der Waals surface area (Å²) in [7, 11) is 2.00. The highest BCUT2D eigenvalue weighted by atomic mass is 32.2. The monoisotopic (exact) mass is 205 g/mol. The van der Waals surface area contributed by atoms with Gasteiger partial charge in [0.1, 0.15) is 0 Å². The highest BCUT2D eigenvalue weighted by molar-refractivity contribution is 7.99. The highest BCUT2D eigenvalue weighted by Crippen LogP contribution is 2.23. The molecule has 0 aliphatic heterocycles. The van der Waals surface area contributed by atoms with Gasteiger partial charge in [-0.25, -0.2) is 0 Å². The average molecular weight is 205 g/mol. The molecule has 3 heteroatoms. The predicted molar refractivity (Wildman–Crippen MR) is 61.3 cm³/mol. The molecule has 2 nitrogen and oxygen atoms in total. The van der Waals surface area contributed by atoms with Gasteiger partial charge in [-0.1, -0.05) is 27.7 Å². The first-order valence-corrected chi connectivity index (χ1v) is 5.86. The zero-order chi connectivity index (χ0) is 10.5. The molecule has 80 valence electrons. The Hall–Kier alpha value is 0.270. The zero-order valence-corrected chi connectivity index (χ0v) is 10.2. The third-order valence-corrected chi connectivity index (χ3v) is 3.44. The molecule has 0 bridgehead atoms. The second-order valence-electron chi connectivity index (χ2n) is 4.53. The van der Waals surface area contributed by atoms with Gasteiger partial charge in [-0.15, -0.1) is 0 Å². The minimum absolute atomic E-state index is 0.269. The maximum Gasteiger partial charge on any atom is 0.0547 e.